The molecular weight excluding hydrogens is 526 g/mol. The number of benzene rings is 2. The minimum Gasteiger partial charge on any atom is -0.352 e. The number of aryl methyl sites for hydroxylation is 2. The summed E-state index contributed by atoms with van der Waals surface area (Å²) in [6, 6.07) is 23.6. The van der Waals surface area contributed by atoms with Gasteiger partial charge in [-0.15, -0.1) is 0 Å². The second-order valence-corrected chi connectivity index (χ2v) is 10.5. The number of aromatic nitrogens is 2. The minimum absolute atomic E-state index is 0.0414. The fourth-order valence-corrected chi connectivity index (χ4v) is 6.01. The molecule has 1 amide bonds. The number of amides is 1. The summed E-state index contributed by atoms with van der Waals surface area (Å²) in [7, 11) is 0. The van der Waals surface area contributed by atoms with Crippen molar-refractivity contribution in [3.05, 3.63) is 112 Å². The molecule has 5 rings (SSSR count). The van der Waals surface area contributed by atoms with Crippen LogP contribution in [0.4, 0.5) is 5.69 Å². The molecule has 2 N–H and O–H groups in total. The van der Waals surface area contributed by atoms with Crippen molar-refractivity contribution < 1.29 is 4.79 Å². The van der Waals surface area contributed by atoms with Crippen molar-refractivity contribution in [3.8, 4) is 5.69 Å². The Labute approximate surface area is 240 Å². The van der Waals surface area contributed by atoms with Gasteiger partial charge in [0.2, 0.25) is 5.91 Å². The number of hydrogen-bond donors (Lipinski definition) is 2. The summed E-state index contributed by atoms with van der Waals surface area (Å²) >= 11 is 12.4. The summed E-state index contributed by atoms with van der Waals surface area (Å²) in [6.45, 7) is 6.74. The first-order valence-electron chi connectivity index (χ1n) is 13.2. The lowest BCUT2D eigenvalue weighted by Gasteiger charge is -2.28. The van der Waals surface area contributed by atoms with E-state index < -0.39 is 0 Å². The molecule has 0 bridgehead atoms. The molecule has 1 fully saturated rings. The number of halogens is 1. The van der Waals surface area contributed by atoms with Crippen LogP contribution >= 0.6 is 23.8 Å². The van der Waals surface area contributed by atoms with Crippen molar-refractivity contribution in [1.29, 1.82) is 0 Å². The number of nitrogens with one attached hydrogen (secondary N) is 2. The second-order valence-electron chi connectivity index (χ2n) is 9.74. The van der Waals surface area contributed by atoms with Gasteiger partial charge in [-0.05, 0) is 80.0 Å². The lowest BCUT2D eigenvalue weighted by atomic mass is 9.96. The minimum atomic E-state index is -0.164. The molecule has 1 aliphatic heterocycles. The van der Waals surface area contributed by atoms with Crippen molar-refractivity contribution in [2.24, 2.45) is 0 Å². The van der Waals surface area contributed by atoms with Crippen LogP contribution in [0.15, 0.2) is 79.0 Å². The molecule has 0 saturated carbocycles. The average Bonchev–Trinajstić information content (AvgIpc) is 3.42. The molecule has 1 saturated heterocycles. The Balaban J connectivity index is 1.47. The first kappa shape index (κ1) is 26.9. The highest BCUT2D eigenvalue weighted by atomic mass is 35.5. The smallest absolute Gasteiger partial charge is 0.226 e. The first-order chi connectivity index (χ1) is 18.9. The van der Waals surface area contributed by atoms with E-state index in [9.17, 15) is 4.79 Å². The fourth-order valence-electron chi connectivity index (χ4n) is 5.46. The van der Waals surface area contributed by atoms with Gasteiger partial charge in [-0.3, -0.25) is 9.78 Å². The van der Waals surface area contributed by atoms with E-state index in [0.717, 1.165) is 46.0 Å². The van der Waals surface area contributed by atoms with Crippen LogP contribution in [0.3, 0.4) is 0 Å². The number of para-hydroxylation sites is 2. The molecule has 4 aromatic rings. The molecular formula is C31H32ClN5OS. The van der Waals surface area contributed by atoms with Crippen molar-refractivity contribution >= 4 is 40.5 Å². The molecule has 0 radical (unpaired) electrons. The molecule has 39 heavy (non-hydrogen) atoms. The zero-order chi connectivity index (χ0) is 27.5. The van der Waals surface area contributed by atoms with Crippen LogP contribution in [0.2, 0.25) is 5.02 Å². The van der Waals surface area contributed by atoms with E-state index in [0.29, 0.717) is 23.1 Å². The summed E-state index contributed by atoms with van der Waals surface area (Å²) in [5, 5.41) is 7.88. The number of thiocarbonyl (C=S) groups is 1. The van der Waals surface area contributed by atoms with Crippen LogP contribution in [-0.4, -0.2) is 32.0 Å². The van der Waals surface area contributed by atoms with E-state index in [1.807, 2.05) is 66.7 Å². The summed E-state index contributed by atoms with van der Waals surface area (Å²) in [5.41, 5.74) is 7.07. The molecule has 200 valence electrons. The predicted octanol–water partition coefficient (Wildman–Crippen LogP) is 6.71. The van der Waals surface area contributed by atoms with Gasteiger partial charge in [0, 0.05) is 36.2 Å². The topological polar surface area (TPSA) is 62.2 Å². The molecule has 2 atom stereocenters. The molecule has 2 aromatic heterocycles. The molecule has 0 aliphatic carbocycles. The third-order valence-electron chi connectivity index (χ3n) is 7.33. The Morgan fingerprint density at radius 2 is 1.82 bits per heavy atom. The third kappa shape index (κ3) is 5.42. The van der Waals surface area contributed by atoms with E-state index in [4.69, 9.17) is 23.8 Å². The Morgan fingerprint density at radius 1 is 1.08 bits per heavy atom. The summed E-state index contributed by atoms with van der Waals surface area (Å²) in [6.07, 6.45) is 2.95. The normalized spacial score (nSPS) is 16.8. The zero-order valence-electron chi connectivity index (χ0n) is 22.3. The monoisotopic (exact) mass is 557 g/mol. The lowest BCUT2D eigenvalue weighted by molar-refractivity contribution is -0.116. The average molecular weight is 558 g/mol. The first-order valence-corrected chi connectivity index (χ1v) is 14.0. The molecule has 3 heterocycles. The maximum absolute atomic E-state index is 13.1. The Kier molecular flexibility index (Phi) is 8.00. The summed E-state index contributed by atoms with van der Waals surface area (Å²) in [4.78, 5) is 19.8. The van der Waals surface area contributed by atoms with Gasteiger partial charge >= 0.3 is 0 Å². The highest BCUT2D eigenvalue weighted by Gasteiger charge is 2.41. The number of anilines is 1. The number of carbonyl (C=O) groups excluding carboxylic acids is 1. The van der Waals surface area contributed by atoms with Gasteiger partial charge in [0.1, 0.15) is 0 Å². The lowest BCUT2D eigenvalue weighted by Crippen LogP contribution is -2.33. The quantitative estimate of drug-likeness (QED) is 0.236. The van der Waals surface area contributed by atoms with Crippen LogP contribution < -0.4 is 10.6 Å². The van der Waals surface area contributed by atoms with Crippen molar-refractivity contribution in [1.82, 2.24) is 19.8 Å². The molecule has 0 spiro atoms. The SMILES string of the molecule is CCc1ccccc1NC(=O)CCN1C(=S)NC(c2ccccn2)C1c1cc(C)n(-c2ccccc2Cl)c1C. The van der Waals surface area contributed by atoms with Gasteiger partial charge in [-0.1, -0.05) is 54.9 Å². The van der Waals surface area contributed by atoms with Crippen molar-refractivity contribution in [3.63, 3.8) is 0 Å². The van der Waals surface area contributed by atoms with Gasteiger partial charge < -0.3 is 20.1 Å². The fraction of sp³-hybridized carbons (Fsp3) is 0.258. The highest BCUT2D eigenvalue weighted by molar-refractivity contribution is 7.80. The van der Waals surface area contributed by atoms with E-state index in [1.165, 1.54) is 0 Å². The standard InChI is InChI=1S/C31H32ClN5OS/c1-4-22-11-5-7-13-25(22)34-28(38)16-18-36-30(29(35-31(36)39)26-14-9-10-17-33-26)23-19-20(2)37(21(23)3)27-15-8-6-12-24(27)32/h5-15,17,19,29-30H,4,16,18H2,1-3H3,(H,34,38)(H,35,39). The van der Waals surface area contributed by atoms with Gasteiger partial charge in [0.05, 0.1) is 28.5 Å². The van der Waals surface area contributed by atoms with E-state index in [2.05, 4.69) is 51.9 Å². The number of rotatable bonds is 8. The Morgan fingerprint density at radius 3 is 2.56 bits per heavy atom. The summed E-state index contributed by atoms with van der Waals surface area (Å²) in [5.74, 6) is -0.0414. The number of nitrogens with zero attached hydrogens (tertiary/aromatic N) is 3. The third-order valence-corrected chi connectivity index (χ3v) is 8.00. The molecule has 8 heteroatoms. The Hall–Kier alpha value is -3.68. The predicted molar refractivity (Wildman–Crippen MR) is 161 cm³/mol. The van der Waals surface area contributed by atoms with E-state index in [-0.39, 0.29) is 18.0 Å². The Bertz CT molecular complexity index is 1500. The van der Waals surface area contributed by atoms with E-state index >= 15 is 0 Å². The van der Waals surface area contributed by atoms with Crippen LogP contribution in [-0.2, 0) is 11.2 Å². The van der Waals surface area contributed by atoms with Crippen LogP contribution in [0.1, 0.15) is 53.6 Å². The van der Waals surface area contributed by atoms with Gasteiger partial charge in [0.15, 0.2) is 5.11 Å². The largest absolute Gasteiger partial charge is 0.352 e. The molecule has 2 aromatic carbocycles. The van der Waals surface area contributed by atoms with Gasteiger partial charge in [0.25, 0.3) is 0 Å². The molecule has 1 aliphatic rings. The number of hydrogen-bond acceptors (Lipinski definition) is 3. The zero-order valence-corrected chi connectivity index (χ0v) is 23.9. The van der Waals surface area contributed by atoms with Crippen molar-refractivity contribution in [2.75, 3.05) is 11.9 Å². The maximum Gasteiger partial charge on any atom is 0.226 e. The summed E-state index contributed by atoms with van der Waals surface area (Å²) < 4.78 is 2.18. The van der Waals surface area contributed by atoms with Crippen LogP contribution in [0, 0.1) is 13.8 Å². The van der Waals surface area contributed by atoms with Crippen molar-refractivity contribution in [2.45, 2.75) is 45.7 Å². The number of pyridine rings is 1. The van der Waals surface area contributed by atoms with Gasteiger partial charge in [-0.2, -0.15) is 0 Å². The number of carbonyl (C=O) groups is 1. The second kappa shape index (κ2) is 11.6. The van der Waals surface area contributed by atoms with Gasteiger partial charge in [-0.25, -0.2) is 0 Å². The molecule has 6 nitrogen and oxygen atoms in total. The maximum atomic E-state index is 13.1. The van der Waals surface area contributed by atoms with Crippen LogP contribution in [0.25, 0.3) is 5.69 Å². The highest BCUT2D eigenvalue weighted by Crippen LogP contribution is 2.42. The van der Waals surface area contributed by atoms with Crippen LogP contribution in [0.5, 0.6) is 0 Å². The molecule has 2 unspecified atom stereocenters. The van der Waals surface area contributed by atoms with E-state index in [1.54, 1.807) is 6.20 Å².